The third kappa shape index (κ3) is 39.5. The minimum atomic E-state index is -0.531. The van der Waals surface area contributed by atoms with Crippen LogP contribution in [0.2, 0.25) is 0 Å². The second kappa shape index (κ2) is 41.3. The van der Waals surface area contributed by atoms with E-state index in [1.54, 1.807) is 0 Å². The highest BCUT2D eigenvalue weighted by molar-refractivity contribution is 5.69. The lowest BCUT2D eigenvalue weighted by Gasteiger charge is -2.15. The van der Waals surface area contributed by atoms with Crippen LogP contribution >= 0.6 is 0 Å². The molecule has 0 radical (unpaired) electrons. The fourth-order valence-electron chi connectivity index (χ4n) is 6.37. The summed E-state index contributed by atoms with van der Waals surface area (Å²) in [5.74, 6) is -0.207. The molecule has 0 aliphatic carbocycles. The fourth-order valence-corrected chi connectivity index (χ4v) is 6.37. The lowest BCUT2D eigenvalue weighted by atomic mass is 10.0. The van der Waals surface area contributed by atoms with E-state index in [9.17, 15) is 9.90 Å². The molecule has 0 saturated carbocycles. The van der Waals surface area contributed by atoms with Gasteiger partial charge in [-0.2, -0.15) is 0 Å². The molecule has 0 aromatic carbocycles. The average Bonchev–Trinajstić information content (AvgIpc) is 3.08. The van der Waals surface area contributed by atoms with Crippen LogP contribution in [-0.2, 0) is 14.3 Å². The van der Waals surface area contributed by atoms with Gasteiger partial charge in [0.15, 0.2) is 0 Å². The van der Waals surface area contributed by atoms with Gasteiger partial charge in [-0.15, -0.1) is 0 Å². The zero-order valence-electron chi connectivity index (χ0n) is 32.1. The SMILES string of the molecule is CCCC/C=C\CCCCCCCC(=O)OC(CO)COCCCCCCCCCCCCCCCCCCCCCCCCCC. The van der Waals surface area contributed by atoms with E-state index >= 15 is 0 Å². The third-order valence-electron chi connectivity index (χ3n) is 9.59. The molecular weight excluding hydrogens is 580 g/mol. The van der Waals surface area contributed by atoms with Gasteiger partial charge in [-0.25, -0.2) is 0 Å². The predicted molar refractivity (Wildman–Crippen MR) is 205 cm³/mol. The first-order chi connectivity index (χ1) is 23.2. The van der Waals surface area contributed by atoms with Crippen molar-refractivity contribution in [2.75, 3.05) is 19.8 Å². The number of aliphatic hydroxyl groups excluding tert-OH is 1. The van der Waals surface area contributed by atoms with Gasteiger partial charge in [0.1, 0.15) is 6.10 Å². The predicted octanol–water partition coefficient (Wildman–Crippen LogP) is 13.8. The van der Waals surface area contributed by atoms with E-state index < -0.39 is 6.10 Å². The summed E-state index contributed by atoms with van der Waals surface area (Å²) in [4.78, 5) is 12.1. The molecule has 0 fully saturated rings. The summed E-state index contributed by atoms with van der Waals surface area (Å²) in [6.45, 7) is 5.34. The lowest BCUT2D eigenvalue weighted by Crippen LogP contribution is -2.27. The molecule has 0 amide bonds. The van der Waals surface area contributed by atoms with Crippen LogP contribution in [-0.4, -0.2) is 37.0 Å². The molecule has 0 heterocycles. The Bertz CT molecular complexity index is 619. The maximum absolute atomic E-state index is 12.1. The van der Waals surface area contributed by atoms with Crippen molar-refractivity contribution in [2.45, 2.75) is 238 Å². The standard InChI is InChI=1S/C43H84O4/c1-3-5-7-9-11-13-15-16-17-18-19-20-21-22-23-24-25-26-27-29-31-33-35-37-39-46-41-42(40-44)47-43(45)38-36-34-32-30-28-14-12-10-8-6-4-2/h10,12,42,44H,3-9,11,13-41H2,1-2H3/b12-10-. The van der Waals surface area contributed by atoms with Crippen LogP contribution in [0.25, 0.3) is 0 Å². The summed E-state index contributed by atoms with van der Waals surface area (Å²) in [6, 6.07) is 0. The smallest absolute Gasteiger partial charge is 0.306 e. The number of carbonyl (C=O) groups is 1. The molecule has 0 spiro atoms. The van der Waals surface area contributed by atoms with E-state index in [-0.39, 0.29) is 12.6 Å². The second-order valence-corrected chi connectivity index (χ2v) is 14.4. The largest absolute Gasteiger partial charge is 0.457 e. The van der Waals surface area contributed by atoms with Crippen LogP contribution in [0.3, 0.4) is 0 Å². The molecule has 280 valence electrons. The van der Waals surface area contributed by atoms with E-state index in [1.165, 1.54) is 193 Å². The van der Waals surface area contributed by atoms with Crippen molar-refractivity contribution in [1.29, 1.82) is 0 Å². The molecule has 4 nitrogen and oxygen atoms in total. The highest BCUT2D eigenvalue weighted by atomic mass is 16.6. The molecule has 1 N–H and O–H groups in total. The van der Waals surface area contributed by atoms with Crippen LogP contribution in [0.15, 0.2) is 12.2 Å². The molecule has 0 aromatic heterocycles. The van der Waals surface area contributed by atoms with Gasteiger partial charge < -0.3 is 14.6 Å². The van der Waals surface area contributed by atoms with Crippen LogP contribution in [0.1, 0.15) is 232 Å². The highest BCUT2D eigenvalue weighted by Crippen LogP contribution is 2.16. The number of esters is 1. The van der Waals surface area contributed by atoms with Crippen molar-refractivity contribution in [1.82, 2.24) is 0 Å². The molecule has 4 heteroatoms. The Kier molecular flexibility index (Phi) is 40.5. The van der Waals surface area contributed by atoms with E-state index in [2.05, 4.69) is 26.0 Å². The summed E-state index contributed by atoms with van der Waals surface area (Å²) in [6.07, 6.45) is 48.6. The zero-order valence-corrected chi connectivity index (χ0v) is 32.1. The van der Waals surface area contributed by atoms with Crippen molar-refractivity contribution < 1.29 is 19.4 Å². The van der Waals surface area contributed by atoms with Crippen LogP contribution < -0.4 is 0 Å². The Hall–Kier alpha value is -0.870. The van der Waals surface area contributed by atoms with Crippen LogP contribution in [0.5, 0.6) is 0 Å². The number of aliphatic hydroxyl groups is 1. The van der Waals surface area contributed by atoms with Gasteiger partial charge in [0.25, 0.3) is 0 Å². The Morgan fingerprint density at radius 2 is 0.851 bits per heavy atom. The maximum atomic E-state index is 12.1. The molecule has 0 saturated heterocycles. The van der Waals surface area contributed by atoms with Crippen molar-refractivity contribution in [3.05, 3.63) is 12.2 Å². The number of hydrogen-bond acceptors (Lipinski definition) is 4. The first-order valence-corrected chi connectivity index (χ1v) is 21.3. The Labute approximate surface area is 295 Å². The topological polar surface area (TPSA) is 55.8 Å². The van der Waals surface area contributed by atoms with Crippen molar-refractivity contribution >= 4 is 5.97 Å². The molecule has 0 aromatic rings. The first kappa shape index (κ1) is 46.1. The molecule has 47 heavy (non-hydrogen) atoms. The Morgan fingerprint density at radius 1 is 0.489 bits per heavy atom. The minimum absolute atomic E-state index is 0.170. The summed E-state index contributed by atoms with van der Waals surface area (Å²) < 4.78 is 11.1. The summed E-state index contributed by atoms with van der Waals surface area (Å²) in [5, 5.41) is 9.56. The zero-order chi connectivity index (χ0) is 34.1. The summed E-state index contributed by atoms with van der Waals surface area (Å²) in [5.41, 5.74) is 0. The fraction of sp³-hybridized carbons (Fsp3) is 0.930. The van der Waals surface area contributed by atoms with E-state index in [1.807, 2.05) is 0 Å². The molecular formula is C43H84O4. The molecule has 1 unspecified atom stereocenters. The van der Waals surface area contributed by atoms with Gasteiger partial charge in [0.05, 0.1) is 13.2 Å². The molecule has 0 bridgehead atoms. The van der Waals surface area contributed by atoms with Gasteiger partial charge in [0, 0.05) is 13.0 Å². The number of allylic oxidation sites excluding steroid dienone is 2. The second-order valence-electron chi connectivity index (χ2n) is 14.4. The summed E-state index contributed by atoms with van der Waals surface area (Å²) in [7, 11) is 0. The first-order valence-electron chi connectivity index (χ1n) is 21.3. The van der Waals surface area contributed by atoms with Crippen LogP contribution in [0, 0.1) is 0 Å². The molecule has 0 rings (SSSR count). The normalized spacial score (nSPS) is 12.3. The van der Waals surface area contributed by atoms with Crippen LogP contribution in [0.4, 0.5) is 0 Å². The Morgan fingerprint density at radius 3 is 1.28 bits per heavy atom. The van der Waals surface area contributed by atoms with Gasteiger partial charge in [-0.05, 0) is 32.1 Å². The van der Waals surface area contributed by atoms with Gasteiger partial charge in [-0.3, -0.25) is 4.79 Å². The lowest BCUT2D eigenvalue weighted by molar-refractivity contribution is -0.154. The van der Waals surface area contributed by atoms with E-state index in [0.717, 1.165) is 19.3 Å². The van der Waals surface area contributed by atoms with Crippen molar-refractivity contribution in [2.24, 2.45) is 0 Å². The maximum Gasteiger partial charge on any atom is 0.306 e. The van der Waals surface area contributed by atoms with Gasteiger partial charge in [0.2, 0.25) is 0 Å². The number of rotatable bonds is 40. The molecule has 0 aliphatic rings. The Balaban J connectivity index is 3.32. The monoisotopic (exact) mass is 665 g/mol. The van der Waals surface area contributed by atoms with E-state index in [0.29, 0.717) is 19.6 Å². The number of ether oxygens (including phenoxy) is 2. The third-order valence-corrected chi connectivity index (χ3v) is 9.59. The number of carbonyl (C=O) groups excluding carboxylic acids is 1. The molecule has 0 aliphatic heterocycles. The van der Waals surface area contributed by atoms with Crippen molar-refractivity contribution in [3.8, 4) is 0 Å². The number of hydrogen-bond donors (Lipinski definition) is 1. The highest BCUT2D eigenvalue weighted by Gasteiger charge is 2.13. The minimum Gasteiger partial charge on any atom is -0.457 e. The molecule has 1 atom stereocenters. The van der Waals surface area contributed by atoms with Gasteiger partial charge in [-0.1, -0.05) is 206 Å². The summed E-state index contributed by atoms with van der Waals surface area (Å²) >= 11 is 0. The van der Waals surface area contributed by atoms with Crippen molar-refractivity contribution in [3.63, 3.8) is 0 Å². The van der Waals surface area contributed by atoms with Gasteiger partial charge >= 0.3 is 5.97 Å². The number of unbranched alkanes of at least 4 members (excludes halogenated alkanes) is 30. The van der Waals surface area contributed by atoms with E-state index in [4.69, 9.17) is 9.47 Å². The quantitative estimate of drug-likeness (QED) is 0.0402. The average molecular weight is 665 g/mol.